The van der Waals surface area contributed by atoms with Crippen molar-refractivity contribution in [1.82, 2.24) is 9.78 Å². The fourth-order valence-electron chi connectivity index (χ4n) is 1.73. The van der Waals surface area contributed by atoms with Gasteiger partial charge in [0.05, 0.1) is 23.6 Å². The largest absolute Gasteiger partial charge is 0.390 e. The van der Waals surface area contributed by atoms with Crippen molar-refractivity contribution >= 4 is 11.0 Å². The molecule has 0 bridgehead atoms. The van der Waals surface area contributed by atoms with E-state index in [-0.39, 0.29) is 17.7 Å². The molecule has 3 atom stereocenters. The van der Waals surface area contributed by atoms with Gasteiger partial charge in [-0.15, -0.1) is 0 Å². The Hall–Kier alpha value is -0.890. The average Bonchev–Trinajstić information content (AvgIpc) is 2.73. The van der Waals surface area contributed by atoms with Crippen LogP contribution in [0.5, 0.6) is 0 Å². The maximum Gasteiger partial charge on any atom is 0.390 e. The van der Waals surface area contributed by atoms with E-state index in [1.807, 2.05) is 6.92 Å². The Balaban J connectivity index is 2.56. The van der Waals surface area contributed by atoms with Crippen LogP contribution in [0.4, 0.5) is 13.2 Å². The average molecular weight is 297 g/mol. The Bertz CT molecular complexity index is 433. The highest BCUT2D eigenvalue weighted by molar-refractivity contribution is 7.83. The molecule has 0 aliphatic rings. The molecule has 4 nitrogen and oxygen atoms in total. The van der Waals surface area contributed by atoms with Crippen LogP contribution in [0.15, 0.2) is 12.4 Å². The molecule has 2 N–H and O–H groups in total. The van der Waals surface area contributed by atoms with Crippen molar-refractivity contribution in [2.75, 3.05) is 0 Å². The van der Waals surface area contributed by atoms with E-state index in [9.17, 15) is 17.4 Å². The minimum absolute atomic E-state index is 0.0575. The van der Waals surface area contributed by atoms with Gasteiger partial charge in [-0.3, -0.25) is 9.82 Å². The van der Waals surface area contributed by atoms with Gasteiger partial charge in [0.25, 0.3) is 0 Å². The minimum atomic E-state index is -4.18. The highest BCUT2D eigenvalue weighted by Crippen LogP contribution is 2.23. The third-order valence-corrected chi connectivity index (χ3v) is 3.91. The van der Waals surface area contributed by atoms with E-state index in [1.165, 1.54) is 4.68 Å². The molecule has 0 radical (unpaired) electrons. The number of hydrogen-bond donors (Lipinski definition) is 1. The van der Waals surface area contributed by atoms with E-state index in [0.29, 0.717) is 6.42 Å². The Morgan fingerprint density at radius 1 is 1.47 bits per heavy atom. The van der Waals surface area contributed by atoms with Crippen LogP contribution in [0.25, 0.3) is 0 Å². The number of halogens is 3. The summed E-state index contributed by atoms with van der Waals surface area (Å²) < 4.78 is 48.6. The summed E-state index contributed by atoms with van der Waals surface area (Å²) in [6, 6.07) is 0. The van der Waals surface area contributed by atoms with E-state index >= 15 is 0 Å². The molecule has 0 amide bonds. The summed E-state index contributed by atoms with van der Waals surface area (Å²) in [4.78, 5) is 0. The summed E-state index contributed by atoms with van der Waals surface area (Å²) >= 11 is 0. The van der Waals surface area contributed by atoms with Gasteiger partial charge < -0.3 is 0 Å². The number of nitrogens with zero attached hydrogens (tertiary/aromatic N) is 2. The van der Waals surface area contributed by atoms with Gasteiger partial charge in [0, 0.05) is 18.0 Å². The predicted molar refractivity (Wildman–Crippen MR) is 67.7 cm³/mol. The van der Waals surface area contributed by atoms with Gasteiger partial charge in [0.15, 0.2) is 0 Å². The van der Waals surface area contributed by atoms with Gasteiger partial charge in [-0.25, -0.2) is 4.21 Å². The number of alkyl halides is 3. The molecule has 0 saturated heterocycles. The van der Waals surface area contributed by atoms with Crippen molar-refractivity contribution < 1.29 is 17.4 Å². The molecule has 0 aliphatic heterocycles. The molecule has 8 heteroatoms. The first-order valence-electron chi connectivity index (χ1n) is 5.93. The first-order chi connectivity index (χ1) is 8.69. The fraction of sp³-hybridized carbons (Fsp3) is 0.727. The van der Waals surface area contributed by atoms with Crippen molar-refractivity contribution in [3.63, 3.8) is 0 Å². The standard InChI is InChI=1S/C11H18F3N3OS/c1-8(5-9(2)19(15)18)10-6-16-17(7-10)4-3-11(12,13)14/h6-9H,3-5,15H2,1-2H3/t8-,9?,19?/m1/s1. The third-order valence-electron chi connectivity index (χ3n) is 2.93. The zero-order chi connectivity index (χ0) is 14.6. The minimum Gasteiger partial charge on any atom is -0.272 e. The topological polar surface area (TPSA) is 60.9 Å². The molecule has 1 aromatic heterocycles. The highest BCUT2D eigenvalue weighted by Gasteiger charge is 2.26. The van der Waals surface area contributed by atoms with Crippen LogP contribution >= 0.6 is 0 Å². The number of aryl methyl sites for hydroxylation is 1. The number of hydrogen-bond acceptors (Lipinski definition) is 2. The molecule has 19 heavy (non-hydrogen) atoms. The second-order valence-electron chi connectivity index (χ2n) is 4.68. The monoisotopic (exact) mass is 297 g/mol. The molecule has 110 valence electrons. The summed E-state index contributed by atoms with van der Waals surface area (Å²) in [6.45, 7) is 3.50. The van der Waals surface area contributed by atoms with Gasteiger partial charge >= 0.3 is 6.18 Å². The van der Waals surface area contributed by atoms with Crippen LogP contribution < -0.4 is 5.14 Å². The van der Waals surface area contributed by atoms with Gasteiger partial charge in [0.1, 0.15) is 0 Å². The molecule has 1 aromatic rings. The van der Waals surface area contributed by atoms with Crippen LogP contribution in [0.2, 0.25) is 0 Å². The number of nitrogens with two attached hydrogens (primary N) is 1. The Kier molecular flexibility index (Phi) is 5.54. The molecule has 2 unspecified atom stereocenters. The zero-order valence-corrected chi connectivity index (χ0v) is 11.7. The van der Waals surface area contributed by atoms with Gasteiger partial charge in [-0.05, 0) is 24.8 Å². The van der Waals surface area contributed by atoms with Crippen LogP contribution in [0.1, 0.15) is 38.2 Å². The second-order valence-corrected chi connectivity index (χ2v) is 6.14. The van der Waals surface area contributed by atoms with E-state index < -0.39 is 23.6 Å². The summed E-state index contributed by atoms with van der Waals surface area (Å²) in [7, 11) is -1.39. The van der Waals surface area contributed by atoms with E-state index in [4.69, 9.17) is 5.14 Å². The highest BCUT2D eigenvalue weighted by atomic mass is 32.2. The maximum atomic E-state index is 12.1. The Morgan fingerprint density at radius 2 is 2.11 bits per heavy atom. The molecule has 0 fully saturated rings. The van der Waals surface area contributed by atoms with E-state index in [1.54, 1.807) is 19.3 Å². The zero-order valence-electron chi connectivity index (χ0n) is 10.9. The summed E-state index contributed by atoms with van der Waals surface area (Å²) in [5.74, 6) is 0.0575. The SMILES string of the molecule is CC(C[C@@H](C)c1cnn(CCC(F)(F)F)c1)S(N)=O. The van der Waals surface area contributed by atoms with Crippen LogP contribution in [-0.2, 0) is 17.5 Å². The molecular weight excluding hydrogens is 279 g/mol. The first kappa shape index (κ1) is 16.2. The van der Waals surface area contributed by atoms with Gasteiger partial charge in [-0.2, -0.15) is 18.3 Å². The van der Waals surface area contributed by atoms with Crippen molar-refractivity contribution in [3.8, 4) is 0 Å². The van der Waals surface area contributed by atoms with Crippen molar-refractivity contribution in [2.24, 2.45) is 5.14 Å². The summed E-state index contributed by atoms with van der Waals surface area (Å²) in [6.07, 6.45) is -1.32. The lowest BCUT2D eigenvalue weighted by atomic mass is 10.00. The number of aromatic nitrogens is 2. The fourth-order valence-corrected chi connectivity index (χ4v) is 2.20. The van der Waals surface area contributed by atoms with Crippen LogP contribution in [-0.4, -0.2) is 25.4 Å². The first-order valence-corrected chi connectivity index (χ1v) is 7.20. The van der Waals surface area contributed by atoms with Crippen LogP contribution in [0, 0.1) is 0 Å². The lowest BCUT2D eigenvalue weighted by molar-refractivity contribution is -0.137. The Labute approximate surface area is 112 Å². The van der Waals surface area contributed by atoms with Crippen molar-refractivity contribution in [1.29, 1.82) is 0 Å². The Morgan fingerprint density at radius 3 is 2.63 bits per heavy atom. The lowest BCUT2D eigenvalue weighted by Crippen LogP contribution is -2.20. The third kappa shape index (κ3) is 5.73. The molecule has 0 saturated carbocycles. The van der Waals surface area contributed by atoms with Crippen molar-refractivity contribution in [3.05, 3.63) is 18.0 Å². The molecule has 0 spiro atoms. The predicted octanol–water partition coefficient (Wildman–Crippen LogP) is 2.34. The number of rotatable bonds is 6. The quantitative estimate of drug-likeness (QED) is 0.876. The molecule has 0 aromatic carbocycles. The van der Waals surface area contributed by atoms with Crippen molar-refractivity contribution in [2.45, 2.75) is 50.6 Å². The van der Waals surface area contributed by atoms with Gasteiger partial charge in [-0.1, -0.05) is 6.92 Å². The van der Waals surface area contributed by atoms with Gasteiger partial charge in [0.2, 0.25) is 0 Å². The normalized spacial score (nSPS) is 17.2. The van der Waals surface area contributed by atoms with E-state index in [0.717, 1.165) is 5.56 Å². The molecular formula is C11H18F3N3OS. The smallest absolute Gasteiger partial charge is 0.272 e. The molecule has 0 aliphatic carbocycles. The summed E-state index contributed by atoms with van der Waals surface area (Å²) in [5.41, 5.74) is 0.833. The van der Waals surface area contributed by atoms with Crippen LogP contribution in [0.3, 0.4) is 0 Å². The summed E-state index contributed by atoms with van der Waals surface area (Å²) in [5, 5.41) is 9.03. The lowest BCUT2D eigenvalue weighted by Gasteiger charge is -2.13. The molecule has 1 rings (SSSR count). The maximum absolute atomic E-state index is 12.1. The second kappa shape index (κ2) is 6.51. The molecule has 1 heterocycles. The van der Waals surface area contributed by atoms with E-state index in [2.05, 4.69) is 5.10 Å².